The van der Waals surface area contributed by atoms with Crippen molar-refractivity contribution in [3.05, 3.63) is 72.2 Å². The summed E-state index contributed by atoms with van der Waals surface area (Å²) in [5.74, 6) is 1.37. The van der Waals surface area contributed by atoms with E-state index in [4.69, 9.17) is 14.5 Å². The van der Waals surface area contributed by atoms with E-state index in [-0.39, 0.29) is 24.6 Å². The highest BCUT2D eigenvalue weighted by Crippen LogP contribution is 2.29. The monoisotopic (exact) mass is 644 g/mol. The van der Waals surface area contributed by atoms with Crippen molar-refractivity contribution in [2.24, 2.45) is 5.41 Å². The van der Waals surface area contributed by atoms with Gasteiger partial charge in [0.1, 0.15) is 5.82 Å². The molecule has 0 aliphatic carbocycles. The quantitative estimate of drug-likeness (QED) is 0.0695. The van der Waals surface area contributed by atoms with Gasteiger partial charge in [-0.3, -0.25) is 4.79 Å². The fourth-order valence-corrected chi connectivity index (χ4v) is 6.22. The van der Waals surface area contributed by atoms with Crippen LogP contribution in [-0.4, -0.2) is 58.5 Å². The highest BCUT2D eigenvalue weighted by Gasteiger charge is 2.29. The molecule has 0 unspecified atom stereocenters. The third-order valence-corrected chi connectivity index (χ3v) is 9.22. The first-order valence-electron chi connectivity index (χ1n) is 17.1. The number of esters is 1. The van der Waals surface area contributed by atoms with Crippen molar-refractivity contribution < 1.29 is 18.7 Å². The number of anilines is 2. The Morgan fingerprint density at radius 2 is 1.70 bits per heavy atom. The zero-order chi connectivity index (χ0) is 33.2. The molecule has 47 heavy (non-hydrogen) atoms. The Morgan fingerprint density at radius 3 is 2.47 bits per heavy atom. The lowest BCUT2D eigenvalue weighted by atomic mass is 9.87. The number of unbranched alkanes of at least 4 members (excludes halogenated alkanes) is 5. The van der Waals surface area contributed by atoms with Crippen LogP contribution in [0.25, 0.3) is 11.0 Å². The maximum Gasteiger partial charge on any atom is 0.314 e. The topological polar surface area (TPSA) is 85.6 Å². The van der Waals surface area contributed by atoms with Gasteiger partial charge in [0.2, 0.25) is 24.6 Å². The van der Waals surface area contributed by atoms with E-state index in [0.29, 0.717) is 18.4 Å². The standard InChI is InChI=1S/C37H49FN6O3/c1-5-6-7-8-9-12-22-37(2,3)34(45)47-27-46-33-19-23-39-35(41-33)42(4)30-20-24-43(25-21-30)36-40-31-13-10-11-14-32(31)44(36)26-28-15-17-29(38)18-16-28/h10-11,13-19,23,30H,5-9,12,20-22,24-27H2,1-4H3. The molecule has 0 radical (unpaired) electrons. The number of fused-ring (bicyclic) bond motifs is 1. The fraction of sp³-hybridized carbons (Fsp3) is 0.514. The molecule has 1 aliphatic heterocycles. The smallest absolute Gasteiger partial charge is 0.314 e. The van der Waals surface area contributed by atoms with Gasteiger partial charge in [0.15, 0.2) is 0 Å². The van der Waals surface area contributed by atoms with E-state index in [2.05, 4.69) is 37.3 Å². The second kappa shape index (κ2) is 16.1. The number of ether oxygens (including phenoxy) is 2. The molecule has 5 rings (SSSR count). The molecule has 0 atom stereocenters. The first-order chi connectivity index (χ1) is 22.7. The highest BCUT2D eigenvalue weighted by molar-refractivity contribution is 5.79. The molecule has 0 saturated carbocycles. The van der Waals surface area contributed by atoms with E-state index in [0.717, 1.165) is 67.7 Å². The van der Waals surface area contributed by atoms with E-state index in [1.54, 1.807) is 12.3 Å². The van der Waals surface area contributed by atoms with Crippen LogP contribution >= 0.6 is 0 Å². The number of benzene rings is 2. The summed E-state index contributed by atoms with van der Waals surface area (Å²) in [5, 5.41) is 0. The molecule has 1 saturated heterocycles. The van der Waals surface area contributed by atoms with Gasteiger partial charge >= 0.3 is 5.97 Å². The summed E-state index contributed by atoms with van der Waals surface area (Å²) in [7, 11) is 2.01. The summed E-state index contributed by atoms with van der Waals surface area (Å²) in [6.45, 7) is 8.16. The van der Waals surface area contributed by atoms with Gasteiger partial charge in [0, 0.05) is 38.4 Å². The Bertz CT molecular complexity index is 1580. The second-order valence-corrected chi connectivity index (χ2v) is 13.2. The highest BCUT2D eigenvalue weighted by atomic mass is 19.1. The Balaban J connectivity index is 1.13. The molecular weight excluding hydrogens is 595 g/mol. The Hall–Kier alpha value is -4.21. The van der Waals surface area contributed by atoms with Crippen molar-refractivity contribution >= 4 is 28.9 Å². The number of carbonyl (C=O) groups is 1. The number of hydrogen-bond donors (Lipinski definition) is 0. The Morgan fingerprint density at radius 1 is 0.979 bits per heavy atom. The molecular formula is C37H49FN6O3. The number of rotatable bonds is 16. The zero-order valence-corrected chi connectivity index (χ0v) is 28.3. The molecule has 10 heteroatoms. The molecule has 0 spiro atoms. The molecule has 252 valence electrons. The molecule has 9 nitrogen and oxygen atoms in total. The molecule has 2 aromatic carbocycles. The van der Waals surface area contributed by atoms with Crippen LogP contribution < -0.4 is 14.5 Å². The molecule has 0 amide bonds. The van der Waals surface area contributed by atoms with Crippen molar-refractivity contribution in [1.82, 2.24) is 19.5 Å². The molecule has 1 fully saturated rings. The number of halogens is 1. The lowest BCUT2D eigenvalue weighted by Gasteiger charge is -2.37. The number of para-hydroxylation sites is 2. The third-order valence-electron chi connectivity index (χ3n) is 9.22. The summed E-state index contributed by atoms with van der Waals surface area (Å²) < 4.78 is 27.0. The van der Waals surface area contributed by atoms with Crippen LogP contribution in [0.3, 0.4) is 0 Å². The maximum absolute atomic E-state index is 13.6. The van der Waals surface area contributed by atoms with Gasteiger partial charge in [-0.15, -0.1) is 0 Å². The number of carbonyl (C=O) groups excluding carboxylic acids is 1. The molecule has 0 N–H and O–H groups in total. The van der Waals surface area contributed by atoms with Gasteiger partial charge in [0.25, 0.3) is 0 Å². The minimum absolute atomic E-state index is 0.184. The van der Waals surface area contributed by atoms with Gasteiger partial charge in [-0.2, -0.15) is 4.98 Å². The van der Waals surface area contributed by atoms with Crippen LogP contribution in [0.5, 0.6) is 5.88 Å². The predicted molar refractivity (Wildman–Crippen MR) is 184 cm³/mol. The van der Waals surface area contributed by atoms with Crippen LogP contribution in [0.4, 0.5) is 16.3 Å². The average Bonchev–Trinajstić information content (AvgIpc) is 3.45. The van der Waals surface area contributed by atoms with Gasteiger partial charge in [-0.05, 0) is 62.9 Å². The summed E-state index contributed by atoms with van der Waals surface area (Å²) in [4.78, 5) is 31.3. The van der Waals surface area contributed by atoms with E-state index < -0.39 is 5.41 Å². The van der Waals surface area contributed by atoms with Gasteiger partial charge in [0.05, 0.1) is 23.0 Å². The molecule has 4 aromatic rings. The summed E-state index contributed by atoms with van der Waals surface area (Å²) in [6, 6.07) is 16.7. The molecule has 3 heterocycles. The van der Waals surface area contributed by atoms with Gasteiger partial charge < -0.3 is 23.8 Å². The van der Waals surface area contributed by atoms with Crippen LogP contribution in [0.2, 0.25) is 0 Å². The van der Waals surface area contributed by atoms with Crippen molar-refractivity contribution in [2.45, 2.75) is 91.1 Å². The molecule has 1 aliphatic rings. The number of nitrogens with zero attached hydrogens (tertiary/aromatic N) is 6. The predicted octanol–water partition coefficient (Wildman–Crippen LogP) is 7.78. The maximum atomic E-state index is 13.6. The van der Waals surface area contributed by atoms with Crippen LogP contribution in [0.15, 0.2) is 60.8 Å². The van der Waals surface area contributed by atoms with E-state index in [9.17, 15) is 9.18 Å². The average molecular weight is 645 g/mol. The van der Waals surface area contributed by atoms with E-state index in [1.165, 1.54) is 37.8 Å². The van der Waals surface area contributed by atoms with Crippen LogP contribution in [-0.2, 0) is 16.1 Å². The molecule has 2 aromatic heterocycles. The zero-order valence-electron chi connectivity index (χ0n) is 28.3. The summed E-state index contributed by atoms with van der Waals surface area (Å²) in [6.07, 6.45) is 11.4. The number of piperidine rings is 1. The van der Waals surface area contributed by atoms with Crippen LogP contribution in [0.1, 0.15) is 84.1 Å². The Kier molecular flexibility index (Phi) is 11.7. The number of imidazole rings is 1. The SMILES string of the molecule is CCCCCCCCC(C)(C)C(=O)OCOc1ccnc(N(C)C2CCN(c3nc4ccccc4n3Cc3ccc(F)cc3)CC2)n1. The largest absolute Gasteiger partial charge is 0.440 e. The lowest BCUT2D eigenvalue weighted by Crippen LogP contribution is -2.44. The number of aromatic nitrogens is 4. The van der Waals surface area contributed by atoms with Crippen molar-refractivity contribution in [3.8, 4) is 5.88 Å². The van der Waals surface area contributed by atoms with Crippen molar-refractivity contribution in [3.63, 3.8) is 0 Å². The summed E-state index contributed by atoms with van der Waals surface area (Å²) in [5.41, 5.74) is 2.48. The normalized spacial score (nSPS) is 14.0. The third kappa shape index (κ3) is 8.99. The van der Waals surface area contributed by atoms with Crippen molar-refractivity contribution in [1.29, 1.82) is 0 Å². The summed E-state index contributed by atoms with van der Waals surface area (Å²) >= 11 is 0. The van der Waals surface area contributed by atoms with Gasteiger partial charge in [-0.25, -0.2) is 14.4 Å². The first-order valence-corrected chi connectivity index (χ1v) is 17.1. The number of hydrogen-bond acceptors (Lipinski definition) is 8. The minimum Gasteiger partial charge on any atom is -0.440 e. The minimum atomic E-state index is -0.551. The van der Waals surface area contributed by atoms with E-state index >= 15 is 0 Å². The van der Waals surface area contributed by atoms with Gasteiger partial charge in [-0.1, -0.05) is 69.7 Å². The van der Waals surface area contributed by atoms with Crippen LogP contribution in [0, 0.1) is 11.2 Å². The first kappa shape index (κ1) is 34.1. The fourth-order valence-electron chi connectivity index (χ4n) is 6.22. The Labute approximate surface area is 278 Å². The second-order valence-electron chi connectivity index (χ2n) is 13.2. The lowest BCUT2D eigenvalue weighted by molar-refractivity contribution is -0.161. The molecule has 0 bridgehead atoms. The van der Waals surface area contributed by atoms with Crippen molar-refractivity contribution in [2.75, 3.05) is 36.7 Å². The van der Waals surface area contributed by atoms with E-state index in [1.807, 2.05) is 51.2 Å².